The largest absolute Gasteiger partial charge is 0.497 e. The Balaban J connectivity index is 2.62. The highest BCUT2D eigenvalue weighted by molar-refractivity contribution is 5.69. The zero-order valence-electron chi connectivity index (χ0n) is 13.5. The lowest BCUT2D eigenvalue weighted by Crippen LogP contribution is -2.27. The molecule has 6 heteroatoms. The summed E-state index contributed by atoms with van der Waals surface area (Å²) in [4.78, 5) is 22.5. The van der Waals surface area contributed by atoms with E-state index in [0.717, 1.165) is 5.56 Å². The lowest BCUT2D eigenvalue weighted by molar-refractivity contribution is -0.522. The molecule has 0 amide bonds. The van der Waals surface area contributed by atoms with Crippen molar-refractivity contribution >= 4 is 5.97 Å². The van der Waals surface area contributed by atoms with Crippen molar-refractivity contribution in [2.24, 2.45) is 0 Å². The van der Waals surface area contributed by atoms with E-state index in [2.05, 4.69) is 0 Å². The summed E-state index contributed by atoms with van der Waals surface area (Å²) >= 11 is 0. The van der Waals surface area contributed by atoms with E-state index in [-0.39, 0.29) is 24.2 Å². The Labute approximate surface area is 130 Å². The second-order valence-electron chi connectivity index (χ2n) is 6.12. The molecule has 0 N–H and O–H groups in total. The highest BCUT2D eigenvalue weighted by Gasteiger charge is 2.24. The molecule has 0 radical (unpaired) electrons. The van der Waals surface area contributed by atoms with Crippen LogP contribution in [0.2, 0.25) is 0 Å². The molecular weight excluding hydrogens is 286 g/mol. The Kier molecular flexibility index (Phi) is 6.34. The number of nitro groups is 1. The molecule has 0 aliphatic rings. The first-order valence-corrected chi connectivity index (χ1v) is 7.19. The summed E-state index contributed by atoms with van der Waals surface area (Å²) in [6.07, 6.45) is 0.443. The molecule has 0 saturated heterocycles. The van der Waals surface area contributed by atoms with Gasteiger partial charge in [0.15, 0.2) is 0 Å². The molecule has 22 heavy (non-hydrogen) atoms. The van der Waals surface area contributed by atoms with Crippen LogP contribution in [-0.2, 0) is 16.0 Å². The van der Waals surface area contributed by atoms with Crippen LogP contribution < -0.4 is 4.74 Å². The van der Waals surface area contributed by atoms with E-state index in [4.69, 9.17) is 9.47 Å². The maximum absolute atomic E-state index is 11.7. The van der Waals surface area contributed by atoms with Crippen molar-refractivity contribution in [3.8, 4) is 5.75 Å². The predicted molar refractivity (Wildman–Crippen MR) is 82.6 cm³/mol. The average molecular weight is 309 g/mol. The van der Waals surface area contributed by atoms with E-state index >= 15 is 0 Å². The summed E-state index contributed by atoms with van der Waals surface area (Å²) in [5.74, 6) is 0.247. The van der Waals surface area contributed by atoms with Gasteiger partial charge in [0, 0.05) is 17.8 Å². The van der Waals surface area contributed by atoms with Gasteiger partial charge in [0.25, 0.3) is 0 Å². The van der Waals surface area contributed by atoms with Gasteiger partial charge < -0.3 is 9.47 Å². The van der Waals surface area contributed by atoms with E-state index in [1.807, 2.05) is 6.07 Å². The molecule has 0 saturated carbocycles. The zero-order valence-corrected chi connectivity index (χ0v) is 13.5. The molecule has 1 aromatic carbocycles. The van der Waals surface area contributed by atoms with E-state index < -0.39 is 17.6 Å². The topological polar surface area (TPSA) is 78.7 Å². The smallest absolute Gasteiger partial charge is 0.306 e. The van der Waals surface area contributed by atoms with Crippen molar-refractivity contribution in [2.45, 2.75) is 51.7 Å². The van der Waals surface area contributed by atoms with Crippen molar-refractivity contribution in [3.63, 3.8) is 0 Å². The van der Waals surface area contributed by atoms with Gasteiger partial charge in [-0.1, -0.05) is 12.1 Å². The Bertz CT molecular complexity index is 522. The minimum atomic E-state index is -0.820. The van der Waals surface area contributed by atoms with Gasteiger partial charge in [-0.25, -0.2) is 0 Å². The third-order valence-electron chi connectivity index (χ3n) is 3.01. The molecule has 0 spiro atoms. The highest BCUT2D eigenvalue weighted by Crippen LogP contribution is 2.17. The molecule has 1 unspecified atom stereocenters. The standard InChI is InChI=1S/C16H23NO5/c1-16(2,3)22-15(18)9-8-13(17(19)20)10-12-6-5-7-14(11-12)21-4/h5-7,11,13H,8-10H2,1-4H3. The van der Waals surface area contributed by atoms with Crippen LogP contribution in [0.1, 0.15) is 39.2 Å². The normalized spacial score (nSPS) is 12.5. The maximum atomic E-state index is 11.7. The van der Waals surface area contributed by atoms with Gasteiger partial charge in [0.1, 0.15) is 11.4 Å². The number of rotatable bonds is 7. The number of ether oxygens (including phenoxy) is 2. The third-order valence-corrected chi connectivity index (χ3v) is 3.01. The molecule has 1 rings (SSSR count). The van der Waals surface area contributed by atoms with Gasteiger partial charge in [0.05, 0.1) is 13.5 Å². The number of methoxy groups -OCH3 is 1. The molecule has 0 fully saturated rings. The van der Waals surface area contributed by atoms with E-state index in [0.29, 0.717) is 5.75 Å². The summed E-state index contributed by atoms with van der Waals surface area (Å²) in [5.41, 5.74) is 0.235. The molecule has 0 aromatic heterocycles. The van der Waals surface area contributed by atoms with Gasteiger partial charge in [-0.2, -0.15) is 0 Å². The fourth-order valence-electron chi connectivity index (χ4n) is 2.03. The monoisotopic (exact) mass is 309 g/mol. The van der Waals surface area contributed by atoms with E-state index in [1.54, 1.807) is 46.1 Å². The van der Waals surface area contributed by atoms with E-state index in [9.17, 15) is 14.9 Å². The number of carbonyl (C=O) groups is 1. The summed E-state index contributed by atoms with van der Waals surface area (Å²) in [6, 6.07) is 6.33. The van der Waals surface area contributed by atoms with Gasteiger partial charge in [-0.3, -0.25) is 14.9 Å². The van der Waals surface area contributed by atoms with Gasteiger partial charge >= 0.3 is 5.97 Å². The predicted octanol–water partition coefficient (Wildman–Crippen LogP) is 3.00. The molecule has 122 valence electrons. The molecule has 0 bridgehead atoms. The van der Waals surface area contributed by atoms with Crippen LogP contribution >= 0.6 is 0 Å². The number of carbonyl (C=O) groups excluding carboxylic acids is 1. The van der Waals surface area contributed by atoms with Crippen molar-refractivity contribution in [3.05, 3.63) is 39.9 Å². The Morgan fingerprint density at radius 2 is 2.05 bits per heavy atom. The van der Waals surface area contributed by atoms with Gasteiger partial charge in [-0.05, 0) is 38.5 Å². The fourth-order valence-corrected chi connectivity index (χ4v) is 2.03. The van der Waals surface area contributed by atoms with Crippen LogP contribution in [0.3, 0.4) is 0 Å². The quantitative estimate of drug-likeness (QED) is 0.439. The van der Waals surface area contributed by atoms with Crippen LogP contribution in [-0.4, -0.2) is 29.6 Å². The van der Waals surface area contributed by atoms with Crippen molar-refractivity contribution in [1.82, 2.24) is 0 Å². The maximum Gasteiger partial charge on any atom is 0.306 e. The van der Waals surface area contributed by atoms with Crippen LogP contribution in [0.25, 0.3) is 0 Å². The fraction of sp³-hybridized carbons (Fsp3) is 0.562. The lowest BCUT2D eigenvalue weighted by Gasteiger charge is -2.19. The van der Waals surface area contributed by atoms with Crippen LogP contribution in [0.15, 0.2) is 24.3 Å². The summed E-state index contributed by atoms with van der Waals surface area (Å²) in [5, 5.41) is 11.2. The first-order chi connectivity index (χ1) is 10.2. The van der Waals surface area contributed by atoms with Crippen LogP contribution in [0.4, 0.5) is 0 Å². The molecule has 0 aliphatic carbocycles. The van der Waals surface area contributed by atoms with E-state index in [1.165, 1.54) is 0 Å². The number of esters is 1. The molecule has 0 heterocycles. The van der Waals surface area contributed by atoms with Crippen molar-refractivity contribution in [1.29, 1.82) is 0 Å². The number of hydrogen-bond acceptors (Lipinski definition) is 5. The first kappa shape index (κ1) is 17.9. The second-order valence-corrected chi connectivity index (χ2v) is 6.12. The Hall–Kier alpha value is -2.11. The van der Waals surface area contributed by atoms with Crippen molar-refractivity contribution < 1.29 is 19.2 Å². The molecule has 0 aliphatic heterocycles. The lowest BCUT2D eigenvalue weighted by atomic mass is 10.0. The summed E-state index contributed by atoms with van der Waals surface area (Å²) in [6.45, 7) is 5.31. The first-order valence-electron chi connectivity index (χ1n) is 7.19. The van der Waals surface area contributed by atoms with Crippen molar-refractivity contribution in [2.75, 3.05) is 7.11 Å². The highest BCUT2D eigenvalue weighted by atomic mass is 16.6. The molecule has 6 nitrogen and oxygen atoms in total. The van der Waals surface area contributed by atoms with Gasteiger partial charge in [-0.15, -0.1) is 0 Å². The third kappa shape index (κ3) is 6.56. The molecular formula is C16H23NO5. The molecule has 1 atom stereocenters. The SMILES string of the molecule is COc1cccc(CC(CCC(=O)OC(C)(C)C)[N+](=O)[O-])c1. The minimum absolute atomic E-state index is 0.0346. The Morgan fingerprint density at radius 3 is 2.59 bits per heavy atom. The van der Waals surface area contributed by atoms with Crippen LogP contribution in [0, 0.1) is 10.1 Å². The average Bonchev–Trinajstić information content (AvgIpc) is 2.41. The summed E-state index contributed by atoms with van der Waals surface area (Å²) in [7, 11) is 1.55. The number of hydrogen-bond donors (Lipinski definition) is 0. The number of nitrogens with zero attached hydrogens (tertiary/aromatic N) is 1. The molecule has 1 aromatic rings. The zero-order chi connectivity index (χ0) is 16.8. The second kappa shape index (κ2) is 7.77. The van der Waals surface area contributed by atoms with Crippen LogP contribution in [0.5, 0.6) is 5.75 Å². The number of benzene rings is 1. The van der Waals surface area contributed by atoms with Gasteiger partial charge in [0.2, 0.25) is 6.04 Å². The Morgan fingerprint density at radius 1 is 1.36 bits per heavy atom. The summed E-state index contributed by atoms with van der Waals surface area (Å²) < 4.78 is 10.3. The minimum Gasteiger partial charge on any atom is -0.497 e.